The molecule has 0 heterocycles. The molecule has 1 rings (SSSR count). The number of benzene rings is 1. The van der Waals surface area contributed by atoms with Crippen LogP contribution in [0.5, 0.6) is 0 Å². The van der Waals surface area contributed by atoms with Gasteiger partial charge < -0.3 is 15.5 Å². The first-order chi connectivity index (χ1) is 11.8. The maximum atomic E-state index is 11.7. The second-order valence-corrected chi connectivity index (χ2v) is 8.00. The number of likely N-dealkylation sites (N-methyl/N-ethyl adjacent to an activating group) is 1. The van der Waals surface area contributed by atoms with Crippen molar-refractivity contribution in [2.45, 2.75) is 39.1 Å². The topological polar surface area (TPSA) is 73.8 Å². The van der Waals surface area contributed by atoms with Gasteiger partial charge in [-0.2, -0.15) is 0 Å². The Kier molecular flexibility index (Phi) is 8.92. The van der Waals surface area contributed by atoms with E-state index in [1.54, 1.807) is 6.07 Å². The summed E-state index contributed by atoms with van der Waals surface area (Å²) in [5.41, 5.74) is 1.75. The molecule has 0 unspecified atom stereocenters. The monoisotopic (exact) mass is 368 g/mol. The molecule has 0 radical (unpaired) electrons. The van der Waals surface area contributed by atoms with Crippen LogP contribution in [0.3, 0.4) is 0 Å². The van der Waals surface area contributed by atoms with Crippen molar-refractivity contribution >= 4 is 15.8 Å². The van der Waals surface area contributed by atoms with Gasteiger partial charge in [-0.3, -0.25) is 0 Å². The second-order valence-electron chi connectivity index (χ2n) is 6.02. The Bertz CT molecular complexity index is 668. The van der Waals surface area contributed by atoms with Crippen molar-refractivity contribution in [3.05, 3.63) is 29.3 Å². The fourth-order valence-corrected chi connectivity index (χ4v) is 3.57. The summed E-state index contributed by atoms with van der Waals surface area (Å²) in [6, 6.07) is 5.38. The molecule has 142 valence electrons. The quantitative estimate of drug-likeness (QED) is 0.514. The summed E-state index contributed by atoms with van der Waals surface area (Å²) in [5.74, 6) is 0.777. The Hall–Kier alpha value is -1.60. The van der Waals surface area contributed by atoms with Gasteiger partial charge in [0.2, 0.25) is 0 Å². The summed E-state index contributed by atoms with van der Waals surface area (Å²) < 4.78 is 23.4. The van der Waals surface area contributed by atoms with Crippen LogP contribution in [0.4, 0.5) is 0 Å². The van der Waals surface area contributed by atoms with Crippen LogP contribution in [0, 0.1) is 6.92 Å². The molecule has 0 atom stereocenters. The molecule has 0 fully saturated rings. The third-order valence-corrected chi connectivity index (χ3v) is 5.27. The minimum atomic E-state index is -3.18. The molecule has 0 bridgehead atoms. The Labute approximate surface area is 152 Å². The van der Waals surface area contributed by atoms with Crippen molar-refractivity contribution in [3.63, 3.8) is 0 Å². The van der Waals surface area contributed by atoms with Crippen molar-refractivity contribution in [2.24, 2.45) is 4.99 Å². The normalized spacial score (nSPS) is 12.5. The highest BCUT2D eigenvalue weighted by Crippen LogP contribution is 2.17. The van der Waals surface area contributed by atoms with E-state index in [1.165, 1.54) is 6.26 Å². The third kappa shape index (κ3) is 7.44. The van der Waals surface area contributed by atoms with Gasteiger partial charge in [0.25, 0.3) is 0 Å². The van der Waals surface area contributed by atoms with Crippen molar-refractivity contribution < 1.29 is 8.42 Å². The van der Waals surface area contributed by atoms with Crippen molar-refractivity contribution in [2.75, 3.05) is 39.0 Å². The van der Waals surface area contributed by atoms with Crippen LogP contribution in [-0.2, 0) is 16.4 Å². The molecule has 1 aromatic carbocycles. The second kappa shape index (κ2) is 10.4. The van der Waals surface area contributed by atoms with E-state index in [0.29, 0.717) is 11.4 Å². The van der Waals surface area contributed by atoms with E-state index >= 15 is 0 Å². The molecule has 6 nitrogen and oxygen atoms in total. The van der Waals surface area contributed by atoms with E-state index in [-0.39, 0.29) is 0 Å². The van der Waals surface area contributed by atoms with Crippen LogP contribution < -0.4 is 10.6 Å². The van der Waals surface area contributed by atoms with Gasteiger partial charge in [0.05, 0.1) is 11.4 Å². The number of aliphatic imine (C=N–C) groups is 1. The Morgan fingerprint density at radius 1 is 1.16 bits per heavy atom. The van der Waals surface area contributed by atoms with Crippen LogP contribution >= 0.6 is 0 Å². The molecule has 0 saturated heterocycles. The molecule has 1 aromatic rings. The zero-order valence-corrected chi connectivity index (χ0v) is 16.9. The number of aryl methyl sites for hydroxylation is 1. The van der Waals surface area contributed by atoms with Crippen LogP contribution in [-0.4, -0.2) is 58.3 Å². The predicted molar refractivity (Wildman–Crippen MR) is 105 cm³/mol. The van der Waals surface area contributed by atoms with Gasteiger partial charge >= 0.3 is 0 Å². The van der Waals surface area contributed by atoms with Gasteiger partial charge in [-0.1, -0.05) is 26.0 Å². The first-order valence-corrected chi connectivity index (χ1v) is 10.7. The summed E-state index contributed by atoms with van der Waals surface area (Å²) in [6.45, 7) is 13.4. The number of hydrogen-bond donors (Lipinski definition) is 2. The molecule has 0 spiro atoms. The fourth-order valence-electron chi connectivity index (χ4n) is 2.61. The first-order valence-electron chi connectivity index (χ1n) is 8.85. The Morgan fingerprint density at radius 2 is 1.84 bits per heavy atom. The number of nitrogens with one attached hydrogen (secondary N) is 2. The zero-order chi connectivity index (χ0) is 18.9. The van der Waals surface area contributed by atoms with Gasteiger partial charge in [0, 0.05) is 25.9 Å². The summed E-state index contributed by atoms with van der Waals surface area (Å²) in [7, 11) is -3.18. The first kappa shape index (κ1) is 21.4. The van der Waals surface area contributed by atoms with E-state index < -0.39 is 9.84 Å². The lowest BCUT2D eigenvalue weighted by Gasteiger charge is -2.19. The molecule has 0 aliphatic rings. The lowest BCUT2D eigenvalue weighted by molar-refractivity contribution is 0.308. The molecule has 0 aliphatic heterocycles. The SMILES string of the molecule is CCNC(=NCc1ccc(S(C)(=O)=O)c(C)c1)NCCN(CC)CC. The van der Waals surface area contributed by atoms with Gasteiger partial charge in [-0.15, -0.1) is 0 Å². The van der Waals surface area contributed by atoms with Crippen molar-refractivity contribution in [3.8, 4) is 0 Å². The van der Waals surface area contributed by atoms with Crippen LogP contribution in [0.15, 0.2) is 28.1 Å². The highest BCUT2D eigenvalue weighted by Gasteiger charge is 2.10. The highest BCUT2D eigenvalue weighted by molar-refractivity contribution is 7.90. The van der Waals surface area contributed by atoms with E-state index in [2.05, 4.69) is 34.4 Å². The maximum absolute atomic E-state index is 11.7. The van der Waals surface area contributed by atoms with E-state index in [4.69, 9.17) is 0 Å². The van der Waals surface area contributed by atoms with Gasteiger partial charge in [0.15, 0.2) is 15.8 Å². The highest BCUT2D eigenvalue weighted by atomic mass is 32.2. The number of sulfone groups is 1. The van der Waals surface area contributed by atoms with Crippen molar-refractivity contribution in [1.82, 2.24) is 15.5 Å². The summed E-state index contributed by atoms with van der Waals surface area (Å²) in [4.78, 5) is 7.32. The van der Waals surface area contributed by atoms with Gasteiger partial charge in [-0.05, 0) is 44.1 Å². The minimum absolute atomic E-state index is 0.379. The summed E-state index contributed by atoms with van der Waals surface area (Å²) in [6.07, 6.45) is 1.23. The zero-order valence-electron chi connectivity index (χ0n) is 16.1. The van der Waals surface area contributed by atoms with E-state index in [9.17, 15) is 8.42 Å². The number of rotatable bonds is 9. The van der Waals surface area contributed by atoms with Gasteiger partial charge in [0.1, 0.15) is 0 Å². The number of nitrogens with zero attached hydrogens (tertiary/aromatic N) is 2. The molecular formula is C18H32N4O2S. The van der Waals surface area contributed by atoms with Gasteiger partial charge in [-0.25, -0.2) is 13.4 Å². The molecule has 0 saturated carbocycles. The Balaban J connectivity index is 2.72. The lowest BCUT2D eigenvalue weighted by Crippen LogP contribution is -2.41. The third-order valence-electron chi connectivity index (χ3n) is 4.02. The minimum Gasteiger partial charge on any atom is -0.357 e. The fraction of sp³-hybridized carbons (Fsp3) is 0.611. The maximum Gasteiger partial charge on any atom is 0.191 e. The largest absolute Gasteiger partial charge is 0.357 e. The predicted octanol–water partition coefficient (Wildman–Crippen LogP) is 1.80. The van der Waals surface area contributed by atoms with Crippen LogP contribution in [0.25, 0.3) is 0 Å². The van der Waals surface area contributed by atoms with E-state index in [1.807, 2.05) is 26.0 Å². The standard InChI is InChI=1S/C18H32N4O2S/c1-6-19-18(20-11-12-22(7-2)8-3)21-14-16-9-10-17(15(4)13-16)25(5,23)24/h9-10,13H,6-8,11-12,14H2,1-5H3,(H2,19,20,21). The Morgan fingerprint density at radius 3 is 2.36 bits per heavy atom. The van der Waals surface area contributed by atoms with E-state index in [0.717, 1.165) is 49.8 Å². The molecule has 0 aliphatic carbocycles. The molecular weight excluding hydrogens is 336 g/mol. The molecule has 7 heteroatoms. The van der Waals surface area contributed by atoms with Crippen LogP contribution in [0.2, 0.25) is 0 Å². The molecule has 0 aromatic heterocycles. The smallest absolute Gasteiger partial charge is 0.191 e. The average molecular weight is 369 g/mol. The molecule has 2 N–H and O–H groups in total. The number of hydrogen-bond acceptors (Lipinski definition) is 4. The lowest BCUT2D eigenvalue weighted by atomic mass is 10.1. The molecule has 25 heavy (non-hydrogen) atoms. The van der Waals surface area contributed by atoms with Crippen molar-refractivity contribution in [1.29, 1.82) is 0 Å². The van der Waals surface area contributed by atoms with Crippen LogP contribution in [0.1, 0.15) is 31.9 Å². The number of guanidine groups is 1. The molecule has 0 amide bonds. The average Bonchev–Trinajstić information content (AvgIpc) is 2.55. The summed E-state index contributed by atoms with van der Waals surface area (Å²) in [5, 5.41) is 6.58. The summed E-state index contributed by atoms with van der Waals surface area (Å²) >= 11 is 0.